The molecule has 1 fully saturated rings. The molecular formula is C17H14ClN3O2S. The Morgan fingerprint density at radius 2 is 2.12 bits per heavy atom. The van der Waals surface area contributed by atoms with Crippen LogP contribution in [-0.2, 0) is 11.3 Å². The molecule has 7 heteroatoms. The first kappa shape index (κ1) is 15.4. The molecule has 4 rings (SSSR count). The predicted molar refractivity (Wildman–Crippen MR) is 91.6 cm³/mol. The third kappa shape index (κ3) is 2.95. The minimum atomic E-state index is -0.172. The Morgan fingerprint density at radius 3 is 2.88 bits per heavy atom. The van der Waals surface area contributed by atoms with E-state index in [0.29, 0.717) is 36.1 Å². The van der Waals surface area contributed by atoms with Gasteiger partial charge in [0.2, 0.25) is 17.6 Å². The minimum absolute atomic E-state index is 0.103. The van der Waals surface area contributed by atoms with E-state index in [1.165, 1.54) is 0 Å². The molecule has 0 saturated carbocycles. The molecule has 0 N–H and O–H groups in total. The zero-order valence-corrected chi connectivity index (χ0v) is 14.3. The van der Waals surface area contributed by atoms with Gasteiger partial charge < -0.3 is 9.42 Å². The quantitative estimate of drug-likeness (QED) is 0.696. The van der Waals surface area contributed by atoms with Crippen LogP contribution in [0.25, 0.3) is 10.7 Å². The van der Waals surface area contributed by atoms with Crippen molar-refractivity contribution in [1.29, 1.82) is 0 Å². The molecule has 0 aliphatic carbocycles. The molecule has 2 aromatic heterocycles. The number of hydrogen-bond donors (Lipinski definition) is 0. The van der Waals surface area contributed by atoms with Crippen LogP contribution in [0, 0.1) is 0 Å². The number of carbonyl (C=O) groups excluding carboxylic acids is 1. The highest BCUT2D eigenvalue weighted by Gasteiger charge is 2.36. The highest BCUT2D eigenvalue weighted by atomic mass is 35.5. The largest absolute Gasteiger partial charge is 0.337 e. The van der Waals surface area contributed by atoms with Crippen molar-refractivity contribution in [3.63, 3.8) is 0 Å². The predicted octanol–water partition coefficient (Wildman–Crippen LogP) is 4.32. The van der Waals surface area contributed by atoms with Gasteiger partial charge in [-0.05, 0) is 35.6 Å². The van der Waals surface area contributed by atoms with Crippen molar-refractivity contribution in [2.45, 2.75) is 25.4 Å². The number of benzene rings is 1. The summed E-state index contributed by atoms with van der Waals surface area (Å²) < 4.78 is 5.44. The first-order valence-electron chi connectivity index (χ1n) is 7.62. The Kier molecular flexibility index (Phi) is 4.08. The summed E-state index contributed by atoms with van der Waals surface area (Å²) in [6, 6.07) is 11.2. The van der Waals surface area contributed by atoms with E-state index in [2.05, 4.69) is 10.1 Å². The number of nitrogens with zero attached hydrogens (tertiary/aromatic N) is 3. The molecule has 1 saturated heterocycles. The van der Waals surface area contributed by atoms with E-state index in [-0.39, 0.29) is 11.9 Å². The third-order valence-corrected chi connectivity index (χ3v) is 5.18. The Balaban J connectivity index is 1.57. The molecule has 0 bridgehead atoms. The molecule has 3 aromatic rings. The summed E-state index contributed by atoms with van der Waals surface area (Å²) in [4.78, 5) is 19.5. The van der Waals surface area contributed by atoms with E-state index < -0.39 is 0 Å². The molecule has 5 nitrogen and oxygen atoms in total. The molecule has 0 radical (unpaired) electrons. The summed E-state index contributed by atoms with van der Waals surface area (Å²) in [6.07, 6.45) is 1.19. The molecule has 1 amide bonds. The van der Waals surface area contributed by atoms with Gasteiger partial charge in [0.1, 0.15) is 6.04 Å². The van der Waals surface area contributed by atoms with E-state index >= 15 is 0 Å². The van der Waals surface area contributed by atoms with Crippen molar-refractivity contribution >= 4 is 28.8 Å². The van der Waals surface area contributed by atoms with E-state index in [9.17, 15) is 4.79 Å². The van der Waals surface area contributed by atoms with Crippen LogP contribution >= 0.6 is 22.9 Å². The Labute approximate surface area is 147 Å². The zero-order valence-electron chi connectivity index (χ0n) is 12.7. The fourth-order valence-electron chi connectivity index (χ4n) is 2.85. The van der Waals surface area contributed by atoms with Gasteiger partial charge in [-0.1, -0.05) is 35.0 Å². The number of hydrogen-bond acceptors (Lipinski definition) is 5. The maximum absolute atomic E-state index is 12.3. The summed E-state index contributed by atoms with van der Waals surface area (Å²) in [6.45, 7) is 0.511. The maximum Gasteiger partial charge on any atom is 0.249 e. The van der Waals surface area contributed by atoms with Crippen LogP contribution < -0.4 is 0 Å². The molecule has 24 heavy (non-hydrogen) atoms. The van der Waals surface area contributed by atoms with Crippen LogP contribution in [-0.4, -0.2) is 20.9 Å². The molecule has 1 unspecified atom stereocenters. The molecule has 3 heterocycles. The number of halogens is 1. The van der Waals surface area contributed by atoms with Crippen molar-refractivity contribution in [1.82, 2.24) is 15.0 Å². The van der Waals surface area contributed by atoms with Gasteiger partial charge in [-0.2, -0.15) is 4.98 Å². The summed E-state index contributed by atoms with van der Waals surface area (Å²) >= 11 is 7.48. The van der Waals surface area contributed by atoms with Crippen molar-refractivity contribution in [2.75, 3.05) is 0 Å². The van der Waals surface area contributed by atoms with E-state index in [0.717, 1.165) is 10.4 Å². The van der Waals surface area contributed by atoms with Crippen molar-refractivity contribution < 1.29 is 9.32 Å². The lowest BCUT2D eigenvalue weighted by Gasteiger charge is -2.22. The lowest BCUT2D eigenvalue weighted by Crippen LogP contribution is -2.27. The second kappa shape index (κ2) is 6.37. The standard InChI is InChI=1S/C17H14ClN3O2S/c18-12-5-3-11(4-6-12)10-21-13(7-8-15(21)22)17-19-16(20-23-17)14-2-1-9-24-14/h1-6,9,13H,7-8,10H2. The number of amides is 1. The molecule has 1 aliphatic rings. The van der Waals surface area contributed by atoms with Crippen LogP contribution in [0.2, 0.25) is 5.02 Å². The summed E-state index contributed by atoms with van der Waals surface area (Å²) in [5.74, 6) is 1.18. The van der Waals surface area contributed by atoms with Gasteiger partial charge in [0.15, 0.2) is 0 Å². The van der Waals surface area contributed by atoms with Crippen molar-refractivity contribution in [3.8, 4) is 10.7 Å². The molecule has 1 atom stereocenters. The van der Waals surface area contributed by atoms with E-state index in [1.54, 1.807) is 16.2 Å². The average Bonchev–Trinajstić information content (AvgIpc) is 3.31. The summed E-state index contributed by atoms with van der Waals surface area (Å²) in [7, 11) is 0. The van der Waals surface area contributed by atoms with Gasteiger partial charge in [0, 0.05) is 18.0 Å². The Hall–Kier alpha value is -2.18. The summed E-state index contributed by atoms with van der Waals surface area (Å²) in [5.41, 5.74) is 1.03. The SMILES string of the molecule is O=C1CCC(c2nc(-c3cccs3)no2)N1Cc1ccc(Cl)cc1. The average molecular weight is 360 g/mol. The van der Waals surface area contributed by atoms with Crippen LogP contribution in [0.3, 0.4) is 0 Å². The normalized spacial score (nSPS) is 17.6. The summed E-state index contributed by atoms with van der Waals surface area (Å²) in [5, 5.41) is 6.70. The number of thiophene rings is 1. The number of rotatable bonds is 4. The number of likely N-dealkylation sites (tertiary alicyclic amines) is 1. The monoisotopic (exact) mass is 359 g/mol. The fourth-order valence-corrected chi connectivity index (χ4v) is 3.63. The highest BCUT2D eigenvalue weighted by Crippen LogP contribution is 2.34. The topological polar surface area (TPSA) is 59.2 Å². The molecule has 1 aliphatic heterocycles. The van der Waals surface area contributed by atoms with Gasteiger partial charge in [0.25, 0.3) is 0 Å². The minimum Gasteiger partial charge on any atom is -0.337 e. The van der Waals surface area contributed by atoms with E-state index in [4.69, 9.17) is 16.1 Å². The second-order valence-corrected chi connectivity index (χ2v) is 7.02. The second-order valence-electron chi connectivity index (χ2n) is 5.64. The molecular weight excluding hydrogens is 346 g/mol. The van der Waals surface area contributed by atoms with Crippen LogP contribution in [0.5, 0.6) is 0 Å². The van der Waals surface area contributed by atoms with Crippen LogP contribution in [0.1, 0.15) is 30.3 Å². The van der Waals surface area contributed by atoms with Gasteiger partial charge in [-0.15, -0.1) is 11.3 Å². The van der Waals surface area contributed by atoms with Crippen LogP contribution in [0.15, 0.2) is 46.3 Å². The number of carbonyl (C=O) groups is 1. The third-order valence-electron chi connectivity index (χ3n) is 4.06. The first-order valence-corrected chi connectivity index (χ1v) is 8.88. The van der Waals surface area contributed by atoms with Gasteiger partial charge in [-0.25, -0.2) is 0 Å². The number of aromatic nitrogens is 2. The highest BCUT2D eigenvalue weighted by molar-refractivity contribution is 7.13. The smallest absolute Gasteiger partial charge is 0.249 e. The molecule has 0 spiro atoms. The lowest BCUT2D eigenvalue weighted by atomic mass is 10.2. The fraction of sp³-hybridized carbons (Fsp3) is 0.235. The van der Waals surface area contributed by atoms with Gasteiger partial charge >= 0.3 is 0 Å². The molecule has 122 valence electrons. The Morgan fingerprint density at radius 1 is 1.29 bits per heavy atom. The van der Waals surface area contributed by atoms with Crippen molar-refractivity contribution in [2.24, 2.45) is 0 Å². The first-order chi connectivity index (χ1) is 11.7. The zero-order chi connectivity index (χ0) is 16.5. The van der Waals surface area contributed by atoms with Gasteiger partial charge in [-0.3, -0.25) is 4.79 Å². The van der Waals surface area contributed by atoms with Gasteiger partial charge in [0.05, 0.1) is 4.88 Å². The Bertz CT molecular complexity index is 845. The lowest BCUT2D eigenvalue weighted by molar-refractivity contribution is -0.129. The maximum atomic E-state index is 12.3. The van der Waals surface area contributed by atoms with E-state index in [1.807, 2.05) is 41.8 Å². The van der Waals surface area contributed by atoms with Crippen LogP contribution in [0.4, 0.5) is 0 Å². The molecule has 1 aromatic carbocycles. The van der Waals surface area contributed by atoms with Crippen molar-refractivity contribution in [3.05, 3.63) is 58.3 Å².